The van der Waals surface area contributed by atoms with Gasteiger partial charge in [-0.15, -0.1) is 5.10 Å². The zero-order valence-electron chi connectivity index (χ0n) is 15.7. The molecule has 0 saturated carbocycles. The van der Waals surface area contributed by atoms with Crippen molar-refractivity contribution in [1.29, 1.82) is 0 Å². The van der Waals surface area contributed by atoms with Crippen molar-refractivity contribution >= 4 is 22.6 Å². The van der Waals surface area contributed by atoms with Crippen molar-refractivity contribution in [2.24, 2.45) is 5.92 Å². The molecule has 5 rings (SSSR count). The second kappa shape index (κ2) is 7.03. The highest BCUT2D eigenvalue weighted by atomic mass is 19.3. The van der Waals surface area contributed by atoms with E-state index >= 15 is 0 Å². The average Bonchev–Trinajstić information content (AvgIpc) is 3.21. The van der Waals surface area contributed by atoms with Crippen molar-refractivity contribution in [2.45, 2.75) is 19.9 Å². The van der Waals surface area contributed by atoms with Crippen LogP contribution in [0.3, 0.4) is 0 Å². The van der Waals surface area contributed by atoms with Crippen LogP contribution in [0.15, 0.2) is 30.7 Å². The van der Waals surface area contributed by atoms with Crippen molar-refractivity contribution in [3.05, 3.63) is 36.5 Å². The Kier molecular flexibility index (Phi) is 4.35. The largest absolute Gasteiger partial charge is 0.381 e. The van der Waals surface area contributed by atoms with Crippen molar-refractivity contribution in [3.8, 4) is 11.1 Å². The van der Waals surface area contributed by atoms with Crippen LogP contribution in [0.5, 0.6) is 0 Å². The quantitative estimate of drug-likeness (QED) is 0.537. The number of rotatable bonds is 6. The summed E-state index contributed by atoms with van der Waals surface area (Å²) in [7, 11) is 0. The van der Waals surface area contributed by atoms with Crippen LogP contribution in [-0.2, 0) is 11.3 Å². The van der Waals surface area contributed by atoms with Crippen LogP contribution in [0.4, 0.5) is 14.7 Å². The van der Waals surface area contributed by atoms with Gasteiger partial charge >= 0.3 is 0 Å². The first kappa shape index (κ1) is 17.9. The van der Waals surface area contributed by atoms with Gasteiger partial charge in [-0.1, -0.05) is 0 Å². The predicted molar refractivity (Wildman–Crippen MR) is 103 cm³/mol. The molecule has 1 aliphatic heterocycles. The molecule has 0 aromatic carbocycles. The Morgan fingerprint density at radius 2 is 2.10 bits per heavy atom. The number of fused-ring (bicyclic) bond motifs is 2. The van der Waals surface area contributed by atoms with Crippen LogP contribution in [-0.4, -0.2) is 55.3 Å². The first-order valence-corrected chi connectivity index (χ1v) is 9.36. The van der Waals surface area contributed by atoms with Gasteiger partial charge in [-0.05, 0) is 19.1 Å². The van der Waals surface area contributed by atoms with Crippen molar-refractivity contribution in [3.63, 3.8) is 0 Å². The Balaban J connectivity index is 1.48. The zero-order valence-corrected chi connectivity index (χ0v) is 15.7. The molecule has 0 spiro atoms. The summed E-state index contributed by atoms with van der Waals surface area (Å²) < 4.78 is 34.3. The second-order valence-corrected chi connectivity index (χ2v) is 7.15. The molecule has 4 aromatic rings. The molecule has 0 amide bonds. The van der Waals surface area contributed by atoms with Crippen LogP contribution >= 0.6 is 0 Å². The topological polar surface area (TPSA) is 82.2 Å². The maximum atomic E-state index is 13.0. The summed E-state index contributed by atoms with van der Waals surface area (Å²) in [5.41, 5.74) is 3.52. The molecular weight excluding hydrogens is 380 g/mol. The fraction of sp³-hybridized carbons (Fsp3) is 0.368. The Bertz CT molecular complexity index is 1180. The van der Waals surface area contributed by atoms with E-state index in [0.29, 0.717) is 28.9 Å². The Labute approximate surface area is 164 Å². The third-order valence-electron chi connectivity index (χ3n) is 5.10. The molecule has 10 heteroatoms. The number of ether oxygens (including phenoxy) is 1. The molecule has 4 aromatic heterocycles. The Morgan fingerprint density at radius 1 is 1.24 bits per heavy atom. The number of hydrogen-bond donors (Lipinski definition) is 1. The molecule has 1 saturated heterocycles. The minimum absolute atomic E-state index is 0.409. The number of aromatic nitrogens is 6. The molecule has 8 nitrogen and oxygen atoms in total. The number of imidazole rings is 1. The molecule has 1 aliphatic rings. The number of alkyl halides is 2. The predicted octanol–water partition coefficient (Wildman–Crippen LogP) is 2.77. The lowest BCUT2D eigenvalue weighted by Gasteiger charge is -2.25. The lowest BCUT2D eigenvalue weighted by molar-refractivity contribution is -0.0249. The lowest BCUT2D eigenvalue weighted by atomic mass is 10.1. The van der Waals surface area contributed by atoms with Crippen LogP contribution in [0, 0.1) is 12.8 Å². The van der Waals surface area contributed by atoms with Crippen LogP contribution in [0.1, 0.15) is 5.82 Å². The van der Waals surface area contributed by atoms with E-state index in [4.69, 9.17) is 4.74 Å². The van der Waals surface area contributed by atoms with Gasteiger partial charge in [0, 0.05) is 36.0 Å². The molecule has 0 unspecified atom stereocenters. The molecule has 0 atom stereocenters. The van der Waals surface area contributed by atoms with E-state index in [1.165, 1.54) is 4.57 Å². The first-order valence-electron chi connectivity index (χ1n) is 9.36. The Morgan fingerprint density at radius 3 is 2.86 bits per heavy atom. The minimum atomic E-state index is -2.46. The minimum Gasteiger partial charge on any atom is -0.381 e. The number of aryl methyl sites for hydroxylation is 1. The molecule has 1 fully saturated rings. The first-order chi connectivity index (χ1) is 14.1. The summed E-state index contributed by atoms with van der Waals surface area (Å²) in [6, 6.07) is 3.75. The van der Waals surface area contributed by atoms with Crippen LogP contribution in [0.2, 0.25) is 0 Å². The summed E-state index contributed by atoms with van der Waals surface area (Å²) in [5.74, 6) is 1.56. The van der Waals surface area contributed by atoms with Gasteiger partial charge in [0.1, 0.15) is 5.82 Å². The molecule has 0 aliphatic carbocycles. The van der Waals surface area contributed by atoms with E-state index in [2.05, 4.69) is 25.4 Å². The number of nitrogens with one attached hydrogen (secondary N) is 1. The van der Waals surface area contributed by atoms with E-state index in [1.807, 2.05) is 18.3 Å². The number of pyridine rings is 1. The summed E-state index contributed by atoms with van der Waals surface area (Å²) in [6.45, 7) is 3.59. The van der Waals surface area contributed by atoms with Crippen LogP contribution < -0.4 is 5.32 Å². The summed E-state index contributed by atoms with van der Waals surface area (Å²) in [4.78, 5) is 13.0. The highest BCUT2D eigenvalue weighted by Crippen LogP contribution is 2.28. The molecule has 5 heterocycles. The molecule has 1 N–H and O–H groups in total. The van der Waals surface area contributed by atoms with Crippen molar-refractivity contribution < 1.29 is 13.5 Å². The molecule has 0 radical (unpaired) electrons. The monoisotopic (exact) mass is 399 g/mol. The van der Waals surface area contributed by atoms with Crippen molar-refractivity contribution in [1.82, 2.24) is 29.1 Å². The maximum absolute atomic E-state index is 13.0. The number of halogens is 2. The fourth-order valence-corrected chi connectivity index (χ4v) is 3.50. The van der Waals surface area contributed by atoms with Gasteiger partial charge in [-0.25, -0.2) is 28.2 Å². The fourth-order valence-electron chi connectivity index (χ4n) is 3.50. The van der Waals surface area contributed by atoms with E-state index < -0.39 is 13.0 Å². The van der Waals surface area contributed by atoms with Gasteiger partial charge in [-0.2, -0.15) is 0 Å². The van der Waals surface area contributed by atoms with Gasteiger partial charge in [0.05, 0.1) is 37.0 Å². The van der Waals surface area contributed by atoms with E-state index in [1.54, 1.807) is 23.8 Å². The van der Waals surface area contributed by atoms with E-state index in [-0.39, 0.29) is 0 Å². The van der Waals surface area contributed by atoms with Gasteiger partial charge in [-0.3, -0.25) is 0 Å². The maximum Gasteiger partial charge on any atom is 0.256 e. The highest BCUT2D eigenvalue weighted by molar-refractivity contribution is 5.85. The van der Waals surface area contributed by atoms with E-state index in [9.17, 15) is 8.78 Å². The van der Waals surface area contributed by atoms with Gasteiger partial charge < -0.3 is 14.6 Å². The Hall–Kier alpha value is -3.14. The molecule has 0 bridgehead atoms. The van der Waals surface area contributed by atoms with E-state index in [0.717, 1.165) is 36.4 Å². The normalized spacial score (nSPS) is 14.8. The number of hydrogen-bond acceptors (Lipinski definition) is 6. The summed E-state index contributed by atoms with van der Waals surface area (Å²) in [6.07, 6.45) is 2.82. The molecular formula is C19H19F2N7O. The smallest absolute Gasteiger partial charge is 0.256 e. The standard InChI is InChI=1S/C19H19F2N7O/c1-11-25-18-15(27(11)8-17(20)21)4-13(6-22-18)14-2-3-28-16(14)7-24-19(26-28)23-5-12-9-29-10-12/h2-4,6-7,12,17H,5,8-10H2,1H3,(H,23,26). The zero-order chi connectivity index (χ0) is 20.0. The average molecular weight is 399 g/mol. The van der Waals surface area contributed by atoms with Crippen molar-refractivity contribution in [2.75, 3.05) is 25.1 Å². The number of anilines is 1. The third kappa shape index (κ3) is 3.29. The third-order valence-corrected chi connectivity index (χ3v) is 5.10. The highest BCUT2D eigenvalue weighted by Gasteiger charge is 2.19. The van der Waals surface area contributed by atoms with Gasteiger partial charge in [0.15, 0.2) is 5.65 Å². The SMILES string of the molecule is Cc1nc2ncc(-c3ccn4nc(NCC5COC5)ncc34)cc2n1CC(F)F. The van der Waals surface area contributed by atoms with Gasteiger partial charge in [0.25, 0.3) is 6.43 Å². The van der Waals surface area contributed by atoms with Crippen LogP contribution in [0.25, 0.3) is 27.8 Å². The van der Waals surface area contributed by atoms with Gasteiger partial charge in [0.2, 0.25) is 5.95 Å². The number of nitrogens with zero attached hydrogens (tertiary/aromatic N) is 6. The molecule has 150 valence electrons. The lowest BCUT2D eigenvalue weighted by Crippen LogP contribution is -2.33. The summed E-state index contributed by atoms with van der Waals surface area (Å²) >= 11 is 0. The second-order valence-electron chi connectivity index (χ2n) is 7.15. The molecule has 29 heavy (non-hydrogen) atoms. The summed E-state index contributed by atoms with van der Waals surface area (Å²) in [5, 5.41) is 7.71.